The number of nitrogens with one attached hydrogen (secondary N) is 1. The molecule has 0 saturated carbocycles. The number of halogens is 1. The van der Waals surface area contributed by atoms with Crippen LogP contribution in [-0.2, 0) is 6.42 Å². The Bertz CT molecular complexity index is 836. The second kappa shape index (κ2) is 8.52. The molecular weight excluding hydrogens is 348 g/mol. The number of aromatic nitrogens is 3. The third-order valence-corrected chi connectivity index (χ3v) is 3.53. The van der Waals surface area contributed by atoms with Crippen LogP contribution in [0.15, 0.2) is 17.2 Å². The van der Waals surface area contributed by atoms with E-state index in [1.165, 1.54) is 0 Å². The van der Waals surface area contributed by atoms with Crippen molar-refractivity contribution in [2.24, 2.45) is 5.10 Å². The van der Waals surface area contributed by atoms with Crippen LogP contribution in [0.25, 0.3) is 0 Å². The highest BCUT2D eigenvalue weighted by Crippen LogP contribution is 2.36. The van der Waals surface area contributed by atoms with Crippen LogP contribution in [0.4, 0.5) is 0 Å². The molecule has 1 heterocycles. The van der Waals surface area contributed by atoms with Crippen molar-refractivity contribution in [1.82, 2.24) is 14.9 Å². The van der Waals surface area contributed by atoms with Gasteiger partial charge in [0.05, 0.1) is 17.8 Å². The number of terminal acetylenes is 1. The largest absolute Gasteiger partial charge is 0.490 e. The van der Waals surface area contributed by atoms with Gasteiger partial charge in [0.25, 0.3) is 0 Å². The standard InChI is InChI=1S/C16H17ClN4O2S/c1-4-7-23-15-12(17)8-11(9-13(15)22-6-3)10-18-21-14(5-2)19-20-16(21)24/h1,8-10H,5-7H2,2-3H3,(H,20,24)/b18-10+. The van der Waals surface area contributed by atoms with Crippen molar-refractivity contribution in [2.45, 2.75) is 20.3 Å². The van der Waals surface area contributed by atoms with Gasteiger partial charge in [0.2, 0.25) is 4.77 Å². The lowest BCUT2D eigenvalue weighted by molar-refractivity contribution is 0.299. The predicted octanol–water partition coefficient (Wildman–Crippen LogP) is 3.45. The fourth-order valence-corrected chi connectivity index (χ4v) is 2.45. The molecule has 1 aromatic carbocycles. The van der Waals surface area contributed by atoms with Crippen molar-refractivity contribution in [3.05, 3.63) is 33.3 Å². The minimum atomic E-state index is 0.108. The SMILES string of the molecule is C#CCOc1c(Cl)cc(/C=N/n2c(CC)n[nH]c2=S)cc1OCC. The summed E-state index contributed by atoms with van der Waals surface area (Å²) in [7, 11) is 0. The zero-order chi connectivity index (χ0) is 17.5. The molecule has 0 saturated heterocycles. The quantitative estimate of drug-likeness (QED) is 0.464. The van der Waals surface area contributed by atoms with E-state index in [4.69, 9.17) is 39.7 Å². The number of rotatable bonds is 7. The van der Waals surface area contributed by atoms with Crippen molar-refractivity contribution in [2.75, 3.05) is 13.2 Å². The van der Waals surface area contributed by atoms with Gasteiger partial charge in [-0.3, -0.25) is 5.10 Å². The first kappa shape index (κ1) is 18.0. The molecule has 126 valence electrons. The van der Waals surface area contributed by atoms with Gasteiger partial charge in [-0.25, -0.2) is 0 Å². The van der Waals surface area contributed by atoms with Gasteiger partial charge in [-0.2, -0.15) is 14.9 Å². The summed E-state index contributed by atoms with van der Waals surface area (Å²) in [5.41, 5.74) is 0.738. The number of H-pyrrole nitrogens is 1. The van der Waals surface area contributed by atoms with Crippen molar-refractivity contribution < 1.29 is 9.47 Å². The van der Waals surface area contributed by atoms with Crippen molar-refractivity contribution in [1.29, 1.82) is 0 Å². The average Bonchev–Trinajstić information content (AvgIpc) is 2.92. The average molecular weight is 365 g/mol. The molecule has 0 atom stereocenters. The second-order valence-electron chi connectivity index (χ2n) is 4.61. The van der Waals surface area contributed by atoms with Crippen LogP contribution in [0.3, 0.4) is 0 Å². The summed E-state index contributed by atoms with van der Waals surface area (Å²) >= 11 is 11.4. The maximum absolute atomic E-state index is 6.28. The molecule has 2 rings (SSSR count). The van der Waals surface area contributed by atoms with Gasteiger partial charge in [-0.1, -0.05) is 24.4 Å². The number of ether oxygens (including phenoxy) is 2. The normalized spacial score (nSPS) is 10.8. The van der Waals surface area contributed by atoms with E-state index in [1.54, 1.807) is 23.0 Å². The summed E-state index contributed by atoms with van der Waals surface area (Å²) in [6, 6.07) is 3.49. The molecule has 0 spiro atoms. The summed E-state index contributed by atoms with van der Waals surface area (Å²) in [5, 5.41) is 11.6. The van der Waals surface area contributed by atoms with Gasteiger partial charge in [0.1, 0.15) is 6.61 Å². The van der Waals surface area contributed by atoms with Crippen LogP contribution in [0.1, 0.15) is 25.2 Å². The Morgan fingerprint density at radius 3 is 2.92 bits per heavy atom. The van der Waals surface area contributed by atoms with E-state index in [1.807, 2.05) is 13.8 Å². The topological polar surface area (TPSA) is 64.4 Å². The first-order valence-electron chi connectivity index (χ1n) is 7.33. The molecule has 0 aliphatic heterocycles. The highest BCUT2D eigenvalue weighted by atomic mass is 35.5. The Balaban J connectivity index is 2.37. The molecule has 8 heteroatoms. The van der Waals surface area contributed by atoms with Crippen molar-refractivity contribution in [3.63, 3.8) is 0 Å². The molecule has 6 nitrogen and oxygen atoms in total. The monoisotopic (exact) mass is 364 g/mol. The summed E-state index contributed by atoms with van der Waals surface area (Å²) in [5.74, 6) is 4.07. The van der Waals surface area contributed by atoms with Crippen LogP contribution in [0.2, 0.25) is 5.02 Å². The van der Waals surface area contributed by atoms with Crippen LogP contribution < -0.4 is 9.47 Å². The van der Waals surface area contributed by atoms with E-state index in [2.05, 4.69) is 21.2 Å². The minimum Gasteiger partial charge on any atom is -0.490 e. The van der Waals surface area contributed by atoms with E-state index in [0.29, 0.717) is 34.3 Å². The van der Waals surface area contributed by atoms with Crippen LogP contribution in [-0.4, -0.2) is 34.3 Å². The van der Waals surface area contributed by atoms with Gasteiger partial charge in [-0.15, -0.1) is 6.42 Å². The third-order valence-electron chi connectivity index (χ3n) is 2.99. The van der Waals surface area contributed by atoms with Gasteiger partial charge in [-0.05, 0) is 36.8 Å². The molecule has 1 aromatic heterocycles. The maximum Gasteiger partial charge on any atom is 0.216 e. The molecule has 0 fully saturated rings. The highest BCUT2D eigenvalue weighted by molar-refractivity contribution is 7.71. The van der Waals surface area contributed by atoms with Crippen LogP contribution in [0.5, 0.6) is 11.5 Å². The first-order valence-corrected chi connectivity index (χ1v) is 8.12. The molecule has 0 bridgehead atoms. The van der Waals surface area contributed by atoms with E-state index >= 15 is 0 Å². The smallest absolute Gasteiger partial charge is 0.216 e. The molecule has 24 heavy (non-hydrogen) atoms. The Hall–Kier alpha value is -2.30. The van der Waals surface area contributed by atoms with Crippen LogP contribution in [0, 0.1) is 17.1 Å². The number of aryl methyl sites for hydroxylation is 1. The lowest BCUT2D eigenvalue weighted by Crippen LogP contribution is -2.02. The molecule has 0 radical (unpaired) electrons. The lowest BCUT2D eigenvalue weighted by atomic mass is 10.2. The Kier molecular flexibility index (Phi) is 6.41. The van der Waals surface area contributed by atoms with Crippen molar-refractivity contribution in [3.8, 4) is 23.8 Å². The van der Waals surface area contributed by atoms with E-state index < -0.39 is 0 Å². The second-order valence-corrected chi connectivity index (χ2v) is 5.40. The minimum absolute atomic E-state index is 0.108. The fraction of sp³-hybridized carbons (Fsp3) is 0.312. The molecule has 0 amide bonds. The first-order chi connectivity index (χ1) is 11.6. The number of nitrogens with zero attached hydrogens (tertiary/aromatic N) is 3. The number of hydrogen-bond donors (Lipinski definition) is 1. The van der Waals surface area contributed by atoms with E-state index in [9.17, 15) is 0 Å². The van der Waals surface area contributed by atoms with E-state index in [-0.39, 0.29) is 6.61 Å². The summed E-state index contributed by atoms with van der Waals surface area (Å²) in [6.07, 6.45) is 7.55. The summed E-state index contributed by atoms with van der Waals surface area (Å²) in [6.45, 7) is 4.42. The fourth-order valence-electron chi connectivity index (χ4n) is 1.98. The number of hydrogen-bond acceptors (Lipinski definition) is 5. The molecule has 2 aromatic rings. The van der Waals surface area contributed by atoms with Gasteiger partial charge < -0.3 is 9.47 Å². The number of benzene rings is 1. The number of aromatic amines is 1. The van der Waals surface area contributed by atoms with Gasteiger partial charge in [0.15, 0.2) is 17.3 Å². The Labute approximate surface area is 150 Å². The Morgan fingerprint density at radius 1 is 1.46 bits per heavy atom. The molecule has 1 N–H and O–H groups in total. The maximum atomic E-state index is 6.28. The summed E-state index contributed by atoms with van der Waals surface area (Å²) < 4.78 is 13.0. The molecule has 0 aliphatic carbocycles. The highest BCUT2D eigenvalue weighted by Gasteiger charge is 2.12. The third kappa shape index (κ3) is 4.16. The zero-order valence-electron chi connectivity index (χ0n) is 13.4. The van der Waals surface area contributed by atoms with Gasteiger partial charge in [0, 0.05) is 6.42 Å². The molecular formula is C16H17ClN4O2S. The predicted molar refractivity (Wildman–Crippen MR) is 96.7 cm³/mol. The molecule has 0 aliphatic rings. The zero-order valence-corrected chi connectivity index (χ0v) is 14.9. The van der Waals surface area contributed by atoms with Gasteiger partial charge >= 0.3 is 0 Å². The van der Waals surface area contributed by atoms with E-state index in [0.717, 1.165) is 11.4 Å². The van der Waals surface area contributed by atoms with Crippen LogP contribution >= 0.6 is 23.8 Å². The lowest BCUT2D eigenvalue weighted by Gasteiger charge is -2.12. The Morgan fingerprint density at radius 2 is 2.25 bits per heavy atom. The van der Waals surface area contributed by atoms with Crippen molar-refractivity contribution >= 4 is 30.0 Å². The molecule has 0 unspecified atom stereocenters. The summed E-state index contributed by atoms with van der Waals surface area (Å²) in [4.78, 5) is 0.